The van der Waals surface area contributed by atoms with Gasteiger partial charge in [-0.2, -0.15) is 0 Å². The lowest BCUT2D eigenvalue weighted by atomic mass is 10.0. The second-order valence-corrected chi connectivity index (χ2v) is 4.70. The molecule has 0 fully saturated rings. The summed E-state index contributed by atoms with van der Waals surface area (Å²) >= 11 is 0. The molecule has 0 bridgehead atoms. The number of hydrogen-bond acceptors (Lipinski definition) is 3. The van der Waals surface area contributed by atoms with E-state index in [1.807, 2.05) is 6.92 Å². The highest BCUT2D eigenvalue weighted by molar-refractivity contribution is 5.65. The second kappa shape index (κ2) is 4.31. The van der Waals surface area contributed by atoms with Crippen molar-refractivity contribution in [2.45, 2.75) is 40.2 Å². The summed E-state index contributed by atoms with van der Waals surface area (Å²) in [7, 11) is 0. The zero-order valence-electron chi connectivity index (χ0n) is 10.7. The van der Waals surface area contributed by atoms with E-state index in [4.69, 9.17) is 0 Å². The van der Waals surface area contributed by atoms with Crippen LogP contribution in [0, 0.1) is 12.8 Å². The third-order valence-corrected chi connectivity index (χ3v) is 3.07. The first-order valence-corrected chi connectivity index (χ1v) is 5.98. The van der Waals surface area contributed by atoms with Crippen molar-refractivity contribution in [3.8, 4) is 0 Å². The predicted molar refractivity (Wildman–Crippen MR) is 67.1 cm³/mol. The van der Waals surface area contributed by atoms with Crippen LogP contribution in [0.5, 0.6) is 0 Å². The van der Waals surface area contributed by atoms with E-state index < -0.39 is 0 Å². The van der Waals surface area contributed by atoms with Gasteiger partial charge in [0.1, 0.15) is 0 Å². The van der Waals surface area contributed by atoms with Crippen molar-refractivity contribution in [1.82, 2.24) is 19.5 Å². The number of rotatable bonds is 3. The fourth-order valence-electron chi connectivity index (χ4n) is 2.24. The standard InChI is InChI=1S/C12H18N4O/c1-5-9(7(2)3)16-11-10(15-12(16)17)13-6-8(4)14-11/h6-7,9H,5H2,1-4H3,(H,13,15,17). The number of nitrogens with one attached hydrogen (secondary N) is 1. The van der Waals surface area contributed by atoms with Crippen molar-refractivity contribution >= 4 is 11.3 Å². The number of fused-ring (bicyclic) bond motifs is 1. The number of hydrogen-bond donors (Lipinski definition) is 1. The highest BCUT2D eigenvalue weighted by Gasteiger charge is 2.20. The van der Waals surface area contributed by atoms with Crippen LogP contribution in [0.3, 0.4) is 0 Å². The lowest BCUT2D eigenvalue weighted by Crippen LogP contribution is -2.25. The molecule has 0 aliphatic heterocycles. The number of H-pyrrole nitrogens is 1. The molecule has 0 aromatic carbocycles. The van der Waals surface area contributed by atoms with Crippen molar-refractivity contribution in [3.63, 3.8) is 0 Å². The van der Waals surface area contributed by atoms with Crippen molar-refractivity contribution in [2.24, 2.45) is 5.92 Å². The van der Waals surface area contributed by atoms with Gasteiger partial charge in [0.25, 0.3) is 0 Å². The van der Waals surface area contributed by atoms with Gasteiger partial charge in [0, 0.05) is 6.04 Å². The summed E-state index contributed by atoms with van der Waals surface area (Å²) in [6, 6.07) is 0.160. The van der Waals surface area contributed by atoms with E-state index in [9.17, 15) is 4.79 Å². The quantitative estimate of drug-likeness (QED) is 0.883. The minimum atomic E-state index is -0.119. The molecule has 5 nitrogen and oxygen atoms in total. The molecule has 0 spiro atoms. The zero-order chi connectivity index (χ0) is 12.6. The molecular weight excluding hydrogens is 216 g/mol. The average molecular weight is 234 g/mol. The van der Waals surface area contributed by atoms with Gasteiger partial charge >= 0.3 is 5.69 Å². The second-order valence-electron chi connectivity index (χ2n) is 4.70. The molecule has 1 atom stereocenters. The van der Waals surface area contributed by atoms with Crippen molar-refractivity contribution < 1.29 is 0 Å². The Morgan fingerprint density at radius 3 is 2.76 bits per heavy atom. The van der Waals surface area contributed by atoms with Gasteiger partial charge in [-0.25, -0.2) is 14.8 Å². The third-order valence-electron chi connectivity index (χ3n) is 3.07. The van der Waals surface area contributed by atoms with Gasteiger partial charge in [-0.15, -0.1) is 0 Å². The summed E-state index contributed by atoms with van der Waals surface area (Å²) in [4.78, 5) is 23.4. The Bertz CT molecular complexity index is 582. The Morgan fingerprint density at radius 1 is 1.47 bits per heavy atom. The van der Waals surface area contributed by atoms with E-state index in [0.717, 1.165) is 12.1 Å². The Hall–Kier alpha value is -1.65. The number of aryl methyl sites for hydroxylation is 1. The Labute approximate surface area is 99.9 Å². The topological polar surface area (TPSA) is 63.6 Å². The molecule has 1 N–H and O–H groups in total. The smallest absolute Gasteiger partial charge is 0.289 e. The summed E-state index contributed by atoms with van der Waals surface area (Å²) in [5, 5.41) is 0. The molecule has 92 valence electrons. The molecule has 0 amide bonds. The van der Waals surface area contributed by atoms with Crippen LogP contribution in [0.15, 0.2) is 11.0 Å². The van der Waals surface area contributed by atoms with Crippen molar-refractivity contribution in [1.29, 1.82) is 0 Å². The van der Waals surface area contributed by atoms with Crippen LogP contribution in [0.25, 0.3) is 11.3 Å². The van der Waals surface area contributed by atoms with E-state index in [1.165, 1.54) is 0 Å². The lowest BCUT2D eigenvalue weighted by Gasteiger charge is -2.20. The number of imidazole rings is 1. The van der Waals surface area contributed by atoms with Crippen molar-refractivity contribution in [3.05, 3.63) is 22.4 Å². The molecule has 17 heavy (non-hydrogen) atoms. The minimum absolute atomic E-state index is 0.119. The lowest BCUT2D eigenvalue weighted by molar-refractivity contribution is 0.364. The maximum atomic E-state index is 12.0. The highest BCUT2D eigenvalue weighted by Crippen LogP contribution is 2.22. The first kappa shape index (κ1) is 11.8. The molecule has 5 heteroatoms. The first-order valence-electron chi connectivity index (χ1n) is 5.98. The van der Waals surface area contributed by atoms with Crippen molar-refractivity contribution in [2.75, 3.05) is 0 Å². The van der Waals surface area contributed by atoms with Crippen LogP contribution < -0.4 is 5.69 Å². The SMILES string of the molecule is CCC(C(C)C)n1c(=O)[nH]c2ncc(C)nc21. The van der Waals surface area contributed by atoms with E-state index >= 15 is 0 Å². The van der Waals surface area contributed by atoms with Crippen LogP contribution in [0.1, 0.15) is 38.9 Å². The maximum absolute atomic E-state index is 12.0. The molecule has 1 unspecified atom stereocenters. The molecule has 2 aromatic heterocycles. The van der Waals surface area contributed by atoms with Crippen LogP contribution in [0.2, 0.25) is 0 Å². The maximum Gasteiger partial charge on any atom is 0.329 e. The van der Waals surface area contributed by atoms with E-state index in [-0.39, 0.29) is 11.7 Å². The molecule has 0 saturated heterocycles. The number of nitrogens with zero attached hydrogens (tertiary/aromatic N) is 3. The van der Waals surface area contributed by atoms with Crippen LogP contribution in [0.4, 0.5) is 0 Å². The van der Waals surface area contributed by atoms with Gasteiger partial charge in [0.15, 0.2) is 11.3 Å². The summed E-state index contributed by atoms with van der Waals surface area (Å²) in [6.07, 6.45) is 2.57. The molecule has 0 aliphatic rings. The zero-order valence-corrected chi connectivity index (χ0v) is 10.7. The third kappa shape index (κ3) is 1.97. The molecular formula is C12H18N4O. The first-order chi connectivity index (χ1) is 8.04. The van der Waals surface area contributed by atoms with E-state index in [0.29, 0.717) is 17.2 Å². The van der Waals surface area contributed by atoms with Gasteiger partial charge in [-0.3, -0.25) is 9.55 Å². The van der Waals surface area contributed by atoms with Gasteiger partial charge in [-0.1, -0.05) is 20.8 Å². The minimum Gasteiger partial charge on any atom is -0.289 e. The monoisotopic (exact) mass is 234 g/mol. The summed E-state index contributed by atoms with van der Waals surface area (Å²) in [5.74, 6) is 0.388. The van der Waals surface area contributed by atoms with E-state index in [1.54, 1.807) is 10.8 Å². The molecule has 0 radical (unpaired) electrons. The van der Waals surface area contributed by atoms with Gasteiger partial charge in [0.2, 0.25) is 0 Å². The normalized spacial score (nSPS) is 13.5. The Balaban J connectivity index is 2.70. The molecule has 2 rings (SSSR count). The largest absolute Gasteiger partial charge is 0.329 e. The predicted octanol–water partition coefficient (Wildman–Crippen LogP) is 2.04. The number of aromatic nitrogens is 4. The van der Waals surface area contributed by atoms with Crippen LogP contribution in [-0.2, 0) is 0 Å². The average Bonchev–Trinajstić information content (AvgIpc) is 2.56. The van der Waals surface area contributed by atoms with E-state index in [2.05, 4.69) is 35.7 Å². The molecule has 2 heterocycles. The van der Waals surface area contributed by atoms with Gasteiger partial charge in [-0.05, 0) is 19.3 Å². The fraction of sp³-hybridized carbons (Fsp3) is 0.583. The van der Waals surface area contributed by atoms with Crippen LogP contribution in [-0.4, -0.2) is 19.5 Å². The summed E-state index contributed by atoms with van der Waals surface area (Å²) < 4.78 is 1.74. The summed E-state index contributed by atoms with van der Waals surface area (Å²) in [5.41, 5.74) is 1.94. The molecule has 0 saturated carbocycles. The van der Waals surface area contributed by atoms with Crippen LogP contribution >= 0.6 is 0 Å². The van der Waals surface area contributed by atoms with Gasteiger partial charge < -0.3 is 0 Å². The Kier molecular flexibility index (Phi) is 3.00. The van der Waals surface area contributed by atoms with Gasteiger partial charge in [0.05, 0.1) is 11.9 Å². The Morgan fingerprint density at radius 2 is 2.18 bits per heavy atom. The number of aromatic amines is 1. The highest BCUT2D eigenvalue weighted by atomic mass is 16.1. The molecule has 2 aromatic rings. The fourth-order valence-corrected chi connectivity index (χ4v) is 2.24. The summed E-state index contributed by atoms with van der Waals surface area (Å²) in [6.45, 7) is 8.19. The molecule has 0 aliphatic carbocycles.